The van der Waals surface area contributed by atoms with E-state index in [2.05, 4.69) is 15.5 Å². The Morgan fingerprint density at radius 2 is 1.71 bits per heavy atom. The minimum atomic E-state index is -0.0992. The summed E-state index contributed by atoms with van der Waals surface area (Å²) >= 11 is 5.89. The third kappa shape index (κ3) is 6.60. The second-order valence-electron chi connectivity index (χ2n) is 7.51. The Kier molecular flexibility index (Phi) is 8.14. The van der Waals surface area contributed by atoms with Gasteiger partial charge in [0, 0.05) is 29.2 Å². The van der Waals surface area contributed by atoms with Crippen LogP contribution in [0.1, 0.15) is 18.4 Å². The molecule has 1 fully saturated rings. The van der Waals surface area contributed by atoms with Crippen molar-refractivity contribution in [2.45, 2.75) is 19.4 Å². The number of hydrogen-bond acceptors (Lipinski definition) is 5. The molecule has 1 saturated heterocycles. The normalized spacial score (nSPS) is 14.7. The molecule has 0 aromatic heterocycles. The van der Waals surface area contributed by atoms with Crippen LogP contribution in [0.4, 0.5) is 5.69 Å². The third-order valence-corrected chi connectivity index (χ3v) is 5.62. The smallest absolute Gasteiger partial charge is 0.238 e. The summed E-state index contributed by atoms with van der Waals surface area (Å²) in [6.45, 7) is 2.19. The van der Waals surface area contributed by atoms with Gasteiger partial charge in [-0.3, -0.25) is 14.5 Å². The van der Waals surface area contributed by atoms with Gasteiger partial charge in [0.25, 0.3) is 0 Å². The highest BCUT2D eigenvalue weighted by Gasteiger charge is 2.25. The molecule has 0 spiro atoms. The summed E-state index contributed by atoms with van der Waals surface area (Å²) in [4.78, 5) is 27.0. The van der Waals surface area contributed by atoms with Crippen LogP contribution in [-0.2, 0) is 16.1 Å². The van der Waals surface area contributed by atoms with E-state index in [9.17, 15) is 9.59 Å². The molecule has 166 valence electrons. The first-order valence-corrected chi connectivity index (χ1v) is 10.6. The fourth-order valence-electron chi connectivity index (χ4n) is 3.61. The SMILES string of the molecule is COc1ccc(NC(=O)CN2CCC(C(=O)NCc3ccc(Cl)cc3)CC2)cc1OC. The van der Waals surface area contributed by atoms with E-state index in [-0.39, 0.29) is 24.3 Å². The Bertz CT molecular complexity index is 896. The van der Waals surface area contributed by atoms with Gasteiger partial charge in [-0.25, -0.2) is 0 Å². The van der Waals surface area contributed by atoms with E-state index in [0.717, 1.165) is 18.4 Å². The summed E-state index contributed by atoms with van der Waals surface area (Å²) in [6, 6.07) is 12.7. The highest BCUT2D eigenvalue weighted by Crippen LogP contribution is 2.29. The summed E-state index contributed by atoms with van der Waals surface area (Å²) in [5, 5.41) is 6.56. The fraction of sp³-hybridized carbons (Fsp3) is 0.391. The van der Waals surface area contributed by atoms with Crippen LogP contribution in [-0.4, -0.2) is 50.6 Å². The van der Waals surface area contributed by atoms with Crippen molar-refractivity contribution >= 4 is 29.1 Å². The van der Waals surface area contributed by atoms with Gasteiger partial charge in [0.2, 0.25) is 11.8 Å². The second-order valence-corrected chi connectivity index (χ2v) is 7.95. The number of amides is 2. The molecule has 2 aromatic carbocycles. The maximum atomic E-state index is 12.5. The summed E-state index contributed by atoms with van der Waals surface area (Å²) in [7, 11) is 3.12. The summed E-state index contributed by atoms with van der Waals surface area (Å²) in [5.74, 6) is 1.10. The van der Waals surface area contributed by atoms with Gasteiger partial charge >= 0.3 is 0 Å². The number of ether oxygens (including phenoxy) is 2. The first kappa shape index (κ1) is 22.9. The van der Waals surface area contributed by atoms with Crippen molar-refractivity contribution in [3.8, 4) is 11.5 Å². The monoisotopic (exact) mass is 445 g/mol. The van der Waals surface area contributed by atoms with Crippen molar-refractivity contribution in [1.29, 1.82) is 0 Å². The van der Waals surface area contributed by atoms with Crippen LogP contribution < -0.4 is 20.1 Å². The lowest BCUT2D eigenvalue weighted by atomic mass is 9.96. The quantitative estimate of drug-likeness (QED) is 0.651. The predicted molar refractivity (Wildman–Crippen MR) is 121 cm³/mol. The zero-order chi connectivity index (χ0) is 22.2. The number of carbonyl (C=O) groups is 2. The average Bonchev–Trinajstić information content (AvgIpc) is 2.78. The number of piperidine rings is 1. The molecule has 0 aliphatic carbocycles. The Balaban J connectivity index is 1.41. The molecule has 1 aliphatic rings. The molecule has 8 heteroatoms. The predicted octanol–water partition coefficient (Wildman–Crippen LogP) is 3.32. The number of carbonyl (C=O) groups excluding carboxylic acids is 2. The summed E-state index contributed by atoms with van der Waals surface area (Å²) in [6.07, 6.45) is 1.46. The minimum Gasteiger partial charge on any atom is -0.493 e. The van der Waals surface area contributed by atoms with Gasteiger partial charge in [-0.2, -0.15) is 0 Å². The van der Waals surface area contributed by atoms with Crippen LogP contribution in [0.25, 0.3) is 0 Å². The Morgan fingerprint density at radius 3 is 2.35 bits per heavy atom. The van der Waals surface area contributed by atoms with E-state index in [1.807, 2.05) is 24.3 Å². The number of nitrogens with one attached hydrogen (secondary N) is 2. The number of likely N-dealkylation sites (tertiary alicyclic amines) is 1. The van der Waals surface area contributed by atoms with Crippen molar-refractivity contribution in [1.82, 2.24) is 10.2 Å². The van der Waals surface area contributed by atoms with Crippen molar-refractivity contribution < 1.29 is 19.1 Å². The molecule has 2 aromatic rings. The third-order valence-electron chi connectivity index (χ3n) is 5.37. The topological polar surface area (TPSA) is 79.9 Å². The van der Waals surface area contributed by atoms with E-state index in [0.29, 0.717) is 41.8 Å². The molecular formula is C23H28ClN3O4. The lowest BCUT2D eigenvalue weighted by molar-refractivity contribution is -0.126. The number of nitrogens with zero attached hydrogens (tertiary/aromatic N) is 1. The van der Waals surface area contributed by atoms with Gasteiger partial charge < -0.3 is 20.1 Å². The molecule has 0 unspecified atom stereocenters. The lowest BCUT2D eigenvalue weighted by Gasteiger charge is -2.30. The molecule has 0 atom stereocenters. The second kappa shape index (κ2) is 11.0. The Labute approximate surface area is 187 Å². The van der Waals surface area contributed by atoms with Crippen molar-refractivity contribution in [2.75, 3.05) is 39.2 Å². The standard InChI is InChI=1S/C23H28ClN3O4/c1-30-20-8-7-19(13-21(20)31-2)26-22(28)15-27-11-9-17(10-12-27)23(29)25-14-16-3-5-18(24)6-4-16/h3-8,13,17H,9-12,14-15H2,1-2H3,(H,25,29)(H,26,28). The molecule has 1 heterocycles. The molecule has 0 radical (unpaired) electrons. The molecule has 1 aliphatic heterocycles. The van der Waals surface area contributed by atoms with Crippen LogP contribution in [0.5, 0.6) is 11.5 Å². The fourth-order valence-corrected chi connectivity index (χ4v) is 3.73. The number of rotatable bonds is 8. The van der Waals surface area contributed by atoms with E-state index < -0.39 is 0 Å². The summed E-state index contributed by atoms with van der Waals surface area (Å²) in [5.41, 5.74) is 1.67. The van der Waals surface area contributed by atoms with Crippen LogP contribution in [0.2, 0.25) is 5.02 Å². The average molecular weight is 446 g/mol. The van der Waals surface area contributed by atoms with E-state index >= 15 is 0 Å². The minimum absolute atomic E-state index is 0.0301. The number of methoxy groups -OCH3 is 2. The molecule has 31 heavy (non-hydrogen) atoms. The maximum Gasteiger partial charge on any atom is 0.238 e. The van der Waals surface area contributed by atoms with Gasteiger partial charge in [-0.05, 0) is 55.8 Å². The summed E-state index contributed by atoms with van der Waals surface area (Å²) < 4.78 is 10.5. The van der Waals surface area contributed by atoms with Crippen molar-refractivity contribution in [2.24, 2.45) is 5.92 Å². The maximum absolute atomic E-state index is 12.5. The molecule has 0 saturated carbocycles. The van der Waals surface area contributed by atoms with E-state index in [1.54, 1.807) is 32.4 Å². The Morgan fingerprint density at radius 1 is 1.03 bits per heavy atom. The van der Waals surface area contributed by atoms with Crippen LogP contribution in [0.3, 0.4) is 0 Å². The number of anilines is 1. The van der Waals surface area contributed by atoms with Gasteiger partial charge in [-0.1, -0.05) is 23.7 Å². The largest absolute Gasteiger partial charge is 0.493 e. The lowest BCUT2D eigenvalue weighted by Crippen LogP contribution is -2.43. The van der Waals surface area contributed by atoms with Gasteiger partial charge in [0.1, 0.15) is 0 Å². The highest BCUT2D eigenvalue weighted by atomic mass is 35.5. The highest BCUT2D eigenvalue weighted by molar-refractivity contribution is 6.30. The number of hydrogen-bond donors (Lipinski definition) is 2. The number of halogens is 1. The molecule has 0 bridgehead atoms. The van der Waals surface area contributed by atoms with Gasteiger partial charge in [-0.15, -0.1) is 0 Å². The van der Waals surface area contributed by atoms with E-state index in [1.165, 1.54) is 0 Å². The van der Waals surface area contributed by atoms with Crippen LogP contribution in [0.15, 0.2) is 42.5 Å². The van der Waals surface area contributed by atoms with Crippen molar-refractivity contribution in [3.05, 3.63) is 53.1 Å². The zero-order valence-electron chi connectivity index (χ0n) is 17.8. The molecule has 7 nitrogen and oxygen atoms in total. The van der Waals surface area contributed by atoms with Gasteiger partial charge in [0.15, 0.2) is 11.5 Å². The zero-order valence-corrected chi connectivity index (χ0v) is 18.6. The molecule has 2 amide bonds. The molecule has 2 N–H and O–H groups in total. The first-order valence-electron chi connectivity index (χ1n) is 10.2. The van der Waals surface area contributed by atoms with Crippen LogP contribution in [0, 0.1) is 5.92 Å². The molecule has 3 rings (SSSR count). The Hall–Kier alpha value is -2.77. The van der Waals surface area contributed by atoms with E-state index in [4.69, 9.17) is 21.1 Å². The first-order chi connectivity index (χ1) is 15.0. The van der Waals surface area contributed by atoms with Crippen LogP contribution >= 0.6 is 11.6 Å². The molecular weight excluding hydrogens is 418 g/mol. The van der Waals surface area contributed by atoms with Gasteiger partial charge in [0.05, 0.1) is 20.8 Å². The number of benzene rings is 2. The van der Waals surface area contributed by atoms with Crippen molar-refractivity contribution in [3.63, 3.8) is 0 Å².